The van der Waals surface area contributed by atoms with E-state index in [1.165, 1.54) is 30.1 Å². The van der Waals surface area contributed by atoms with Crippen LogP contribution in [0.15, 0.2) is 39.6 Å². The Morgan fingerprint density at radius 3 is 2.37 bits per heavy atom. The second-order valence-electron chi connectivity index (χ2n) is 6.09. The smallest absolute Gasteiger partial charge is 0.339 e. The highest BCUT2D eigenvalue weighted by Gasteiger charge is 2.17. The second-order valence-corrected chi connectivity index (χ2v) is 7.98. The summed E-state index contributed by atoms with van der Waals surface area (Å²) in [6, 6.07) is 7.75. The number of nitrogens with one attached hydrogen (secondary N) is 1. The van der Waals surface area contributed by atoms with E-state index in [4.69, 9.17) is 9.52 Å². The number of carboxylic acids is 1. The van der Waals surface area contributed by atoms with Gasteiger partial charge in [-0.15, -0.1) is 0 Å². The van der Waals surface area contributed by atoms with Gasteiger partial charge in [0.05, 0.1) is 11.4 Å². The topological polar surface area (TPSA) is 117 Å². The molecule has 0 radical (unpaired) electrons. The fourth-order valence-corrected chi connectivity index (χ4v) is 3.28. The molecule has 0 aliphatic carbocycles. The van der Waals surface area contributed by atoms with Crippen LogP contribution in [0, 0.1) is 6.92 Å². The molecule has 0 aliphatic heterocycles. The lowest BCUT2D eigenvalue weighted by Crippen LogP contribution is -2.26. The maximum absolute atomic E-state index is 12.3. The van der Waals surface area contributed by atoms with Crippen LogP contribution in [0.25, 0.3) is 0 Å². The number of furan rings is 1. The molecule has 1 aromatic heterocycles. The Hall–Kier alpha value is -2.65. The van der Waals surface area contributed by atoms with E-state index in [2.05, 4.69) is 4.72 Å². The molecule has 0 atom stereocenters. The van der Waals surface area contributed by atoms with E-state index in [1.807, 2.05) is 0 Å². The summed E-state index contributed by atoms with van der Waals surface area (Å²) >= 11 is 0. The van der Waals surface area contributed by atoms with Crippen molar-refractivity contribution in [3.63, 3.8) is 0 Å². The van der Waals surface area contributed by atoms with Gasteiger partial charge in [-0.2, -0.15) is 0 Å². The van der Waals surface area contributed by atoms with Crippen molar-refractivity contribution in [1.82, 2.24) is 9.62 Å². The number of hydrogen-bond donors (Lipinski definition) is 2. The van der Waals surface area contributed by atoms with Gasteiger partial charge in [0, 0.05) is 13.5 Å². The Morgan fingerprint density at radius 1 is 1.22 bits per heavy atom. The van der Waals surface area contributed by atoms with E-state index < -0.39 is 16.0 Å². The molecule has 1 aromatic carbocycles. The minimum absolute atomic E-state index is 0.0856. The van der Waals surface area contributed by atoms with Crippen LogP contribution in [0.2, 0.25) is 0 Å². The number of benzene rings is 1. The van der Waals surface area contributed by atoms with Crippen molar-refractivity contribution in [2.24, 2.45) is 0 Å². The van der Waals surface area contributed by atoms with Crippen LogP contribution in [0.1, 0.15) is 33.9 Å². The summed E-state index contributed by atoms with van der Waals surface area (Å²) in [4.78, 5) is 24.9. The summed E-state index contributed by atoms with van der Waals surface area (Å²) in [5.41, 5.74) is 0.927. The molecule has 0 unspecified atom stereocenters. The predicted molar refractivity (Wildman–Crippen MR) is 97.9 cm³/mol. The molecule has 0 fully saturated rings. The van der Waals surface area contributed by atoms with Crippen molar-refractivity contribution in [2.45, 2.75) is 31.2 Å². The van der Waals surface area contributed by atoms with E-state index in [0.29, 0.717) is 17.9 Å². The molecule has 0 spiro atoms. The number of nitrogens with zero attached hydrogens (tertiary/aromatic N) is 1. The Kier molecular flexibility index (Phi) is 6.40. The highest BCUT2D eigenvalue weighted by Crippen LogP contribution is 2.17. The highest BCUT2D eigenvalue weighted by molar-refractivity contribution is 7.89. The van der Waals surface area contributed by atoms with Crippen molar-refractivity contribution in [3.8, 4) is 0 Å². The van der Waals surface area contributed by atoms with Crippen molar-refractivity contribution in [1.29, 1.82) is 0 Å². The van der Waals surface area contributed by atoms with Crippen molar-refractivity contribution < 1.29 is 27.5 Å². The lowest BCUT2D eigenvalue weighted by molar-refractivity contribution is -0.130. The fraction of sp³-hybridized carbons (Fsp3) is 0.333. The quantitative estimate of drug-likeness (QED) is 0.705. The first kappa shape index (κ1) is 20.7. The van der Waals surface area contributed by atoms with Crippen LogP contribution in [0.5, 0.6) is 0 Å². The molecule has 27 heavy (non-hydrogen) atoms. The van der Waals surface area contributed by atoms with Crippen molar-refractivity contribution >= 4 is 21.9 Å². The van der Waals surface area contributed by atoms with E-state index >= 15 is 0 Å². The number of sulfonamides is 1. The number of aromatic carboxylic acids is 1. The lowest BCUT2D eigenvalue weighted by atomic mass is 10.1. The van der Waals surface area contributed by atoms with Gasteiger partial charge in [-0.25, -0.2) is 17.9 Å². The van der Waals surface area contributed by atoms with Gasteiger partial charge >= 0.3 is 5.97 Å². The zero-order chi connectivity index (χ0) is 20.2. The van der Waals surface area contributed by atoms with Crippen LogP contribution < -0.4 is 4.72 Å². The molecule has 2 N–H and O–H groups in total. The van der Waals surface area contributed by atoms with Gasteiger partial charge in [0.15, 0.2) is 0 Å². The van der Waals surface area contributed by atoms with Crippen molar-refractivity contribution in [3.05, 3.63) is 53.0 Å². The maximum atomic E-state index is 12.3. The van der Waals surface area contributed by atoms with E-state index in [9.17, 15) is 18.0 Å². The summed E-state index contributed by atoms with van der Waals surface area (Å²) in [6.45, 7) is 1.74. The standard InChI is InChI=1S/C18H22N2O6S/c1-12-16(18(22)23)10-14(26-12)11-20(3)17(21)9-6-13-4-7-15(8-5-13)27(24,25)19-2/h4-5,7-8,10,19H,6,9,11H2,1-3H3,(H,22,23). The monoisotopic (exact) mass is 394 g/mol. The average molecular weight is 394 g/mol. The number of carbonyl (C=O) groups excluding carboxylic acids is 1. The number of aryl methyl sites for hydroxylation is 2. The number of rotatable bonds is 8. The zero-order valence-electron chi connectivity index (χ0n) is 15.4. The second kappa shape index (κ2) is 8.36. The molecule has 2 aromatic rings. The SMILES string of the molecule is CNS(=O)(=O)c1ccc(CCC(=O)N(C)Cc2cc(C(=O)O)c(C)o2)cc1. The van der Waals surface area contributed by atoms with Crippen LogP contribution in [0.4, 0.5) is 0 Å². The number of carbonyl (C=O) groups is 2. The minimum atomic E-state index is -3.48. The zero-order valence-corrected chi connectivity index (χ0v) is 16.2. The predicted octanol–water partition coefficient (Wildman–Crippen LogP) is 1.79. The third-order valence-electron chi connectivity index (χ3n) is 4.15. The van der Waals surface area contributed by atoms with Crippen LogP contribution >= 0.6 is 0 Å². The Labute approximate surface area is 157 Å². The van der Waals surface area contributed by atoms with E-state index in [1.54, 1.807) is 26.1 Å². The third kappa shape index (κ3) is 5.18. The average Bonchev–Trinajstić information content (AvgIpc) is 3.00. The van der Waals surface area contributed by atoms with Crippen LogP contribution in [-0.4, -0.2) is 44.4 Å². The first-order valence-electron chi connectivity index (χ1n) is 8.23. The molecule has 1 amide bonds. The summed E-state index contributed by atoms with van der Waals surface area (Å²) in [5, 5.41) is 9.04. The van der Waals surface area contributed by atoms with Gasteiger partial charge in [-0.1, -0.05) is 12.1 Å². The lowest BCUT2D eigenvalue weighted by Gasteiger charge is -2.15. The maximum Gasteiger partial charge on any atom is 0.339 e. The van der Waals surface area contributed by atoms with E-state index in [-0.39, 0.29) is 29.3 Å². The molecule has 146 valence electrons. The number of carboxylic acid groups (broad SMARTS) is 1. The van der Waals surface area contributed by atoms with Crippen molar-refractivity contribution in [2.75, 3.05) is 14.1 Å². The molecule has 0 saturated heterocycles. The Balaban J connectivity index is 1.93. The highest BCUT2D eigenvalue weighted by atomic mass is 32.2. The largest absolute Gasteiger partial charge is 0.478 e. The van der Waals surface area contributed by atoms with Gasteiger partial charge in [0.1, 0.15) is 17.1 Å². The molecular formula is C18H22N2O6S. The fourth-order valence-electron chi connectivity index (χ4n) is 2.55. The number of amides is 1. The summed E-state index contributed by atoms with van der Waals surface area (Å²) < 4.78 is 31.0. The van der Waals surface area contributed by atoms with Crippen LogP contribution in [-0.2, 0) is 27.8 Å². The van der Waals surface area contributed by atoms with Gasteiger partial charge < -0.3 is 14.4 Å². The number of hydrogen-bond acceptors (Lipinski definition) is 5. The first-order valence-corrected chi connectivity index (χ1v) is 9.71. The molecule has 0 bridgehead atoms. The molecule has 2 rings (SSSR count). The Bertz CT molecular complexity index is 931. The van der Waals surface area contributed by atoms with Crippen LogP contribution in [0.3, 0.4) is 0 Å². The molecule has 0 aliphatic rings. The third-order valence-corrected chi connectivity index (χ3v) is 5.58. The van der Waals surface area contributed by atoms with E-state index in [0.717, 1.165) is 5.56 Å². The summed E-state index contributed by atoms with van der Waals surface area (Å²) in [5.74, 6) is -0.495. The van der Waals surface area contributed by atoms with Gasteiger partial charge in [0.25, 0.3) is 0 Å². The molecule has 9 heteroatoms. The van der Waals surface area contributed by atoms with Gasteiger partial charge in [-0.3, -0.25) is 4.79 Å². The Morgan fingerprint density at radius 2 is 1.85 bits per heavy atom. The minimum Gasteiger partial charge on any atom is -0.478 e. The van der Waals surface area contributed by atoms with Gasteiger partial charge in [-0.05, 0) is 44.2 Å². The summed E-state index contributed by atoms with van der Waals surface area (Å²) in [6.07, 6.45) is 0.695. The molecule has 8 nitrogen and oxygen atoms in total. The first-order chi connectivity index (χ1) is 12.6. The molecule has 1 heterocycles. The molecular weight excluding hydrogens is 372 g/mol. The normalized spacial score (nSPS) is 11.4. The molecule has 0 saturated carbocycles. The summed E-state index contributed by atoms with van der Waals surface area (Å²) in [7, 11) is -0.520. The van der Waals surface area contributed by atoms with Gasteiger partial charge in [0.2, 0.25) is 15.9 Å².